The van der Waals surface area contributed by atoms with E-state index >= 15 is 0 Å². The average molecular weight is 288 g/mol. The van der Waals surface area contributed by atoms with Crippen molar-refractivity contribution in [3.05, 3.63) is 21.9 Å². The van der Waals surface area contributed by atoms with Crippen LogP contribution in [0.25, 0.3) is 0 Å². The van der Waals surface area contributed by atoms with Gasteiger partial charge in [0.15, 0.2) is 0 Å². The molecule has 1 N–H and O–H groups in total. The topological polar surface area (TPSA) is 55.6 Å². The van der Waals surface area contributed by atoms with Crippen molar-refractivity contribution in [2.75, 3.05) is 11.9 Å². The standard InChI is InChI=1S/C8H10BrN5S/c1-2-10-8-13-12-7(15-8)5-14-4-6(9)3-11-14/h3-4H,2,5H2,1H3,(H,10,13). The van der Waals surface area contributed by atoms with Crippen molar-refractivity contribution >= 4 is 32.4 Å². The number of rotatable bonds is 4. The van der Waals surface area contributed by atoms with Crippen molar-refractivity contribution in [3.8, 4) is 0 Å². The van der Waals surface area contributed by atoms with Crippen LogP contribution in [0.1, 0.15) is 11.9 Å². The molecule has 0 aliphatic carbocycles. The molecule has 0 aliphatic heterocycles. The molecule has 0 amide bonds. The maximum Gasteiger partial charge on any atom is 0.205 e. The fourth-order valence-corrected chi connectivity index (χ4v) is 2.23. The molecule has 2 aromatic rings. The van der Waals surface area contributed by atoms with Crippen LogP contribution in [0.3, 0.4) is 0 Å². The van der Waals surface area contributed by atoms with Gasteiger partial charge >= 0.3 is 0 Å². The highest BCUT2D eigenvalue weighted by Crippen LogP contribution is 2.16. The molecule has 0 bridgehead atoms. The van der Waals surface area contributed by atoms with Gasteiger partial charge < -0.3 is 5.32 Å². The predicted octanol–water partition coefficient (Wildman–Crippen LogP) is 1.98. The molecule has 15 heavy (non-hydrogen) atoms. The van der Waals surface area contributed by atoms with Crippen molar-refractivity contribution in [2.24, 2.45) is 0 Å². The zero-order valence-electron chi connectivity index (χ0n) is 8.14. The van der Waals surface area contributed by atoms with Gasteiger partial charge in [-0.2, -0.15) is 5.10 Å². The lowest BCUT2D eigenvalue weighted by atomic mass is 10.7. The van der Waals surface area contributed by atoms with Crippen LogP contribution < -0.4 is 5.32 Å². The van der Waals surface area contributed by atoms with E-state index in [2.05, 4.69) is 36.5 Å². The first-order valence-corrected chi connectivity index (χ1v) is 6.13. The summed E-state index contributed by atoms with van der Waals surface area (Å²) in [5.41, 5.74) is 0. The minimum Gasteiger partial charge on any atom is -0.360 e. The van der Waals surface area contributed by atoms with E-state index in [0.717, 1.165) is 21.2 Å². The molecule has 0 aromatic carbocycles. The first kappa shape index (κ1) is 10.6. The van der Waals surface area contributed by atoms with E-state index in [1.807, 2.05) is 17.8 Å². The highest BCUT2D eigenvalue weighted by molar-refractivity contribution is 9.10. The van der Waals surface area contributed by atoms with Crippen LogP contribution in [-0.4, -0.2) is 26.5 Å². The van der Waals surface area contributed by atoms with Crippen LogP contribution >= 0.6 is 27.3 Å². The molecule has 0 atom stereocenters. The van der Waals surface area contributed by atoms with E-state index in [-0.39, 0.29) is 0 Å². The molecular formula is C8H10BrN5S. The fraction of sp³-hybridized carbons (Fsp3) is 0.375. The monoisotopic (exact) mass is 287 g/mol. The van der Waals surface area contributed by atoms with E-state index in [4.69, 9.17) is 0 Å². The van der Waals surface area contributed by atoms with E-state index in [1.165, 1.54) is 0 Å². The molecule has 0 aliphatic rings. The number of hydrogen-bond donors (Lipinski definition) is 1. The van der Waals surface area contributed by atoms with Crippen LogP contribution in [0, 0.1) is 0 Å². The van der Waals surface area contributed by atoms with E-state index in [9.17, 15) is 0 Å². The van der Waals surface area contributed by atoms with Crippen molar-refractivity contribution < 1.29 is 0 Å². The zero-order chi connectivity index (χ0) is 10.7. The summed E-state index contributed by atoms with van der Waals surface area (Å²) in [5, 5.41) is 17.2. The summed E-state index contributed by atoms with van der Waals surface area (Å²) in [4.78, 5) is 0. The van der Waals surface area contributed by atoms with Crippen molar-refractivity contribution in [1.82, 2.24) is 20.0 Å². The summed E-state index contributed by atoms with van der Waals surface area (Å²) in [5.74, 6) is 0. The van der Waals surface area contributed by atoms with Gasteiger partial charge in [-0.15, -0.1) is 10.2 Å². The van der Waals surface area contributed by atoms with Crippen molar-refractivity contribution in [1.29, 1.82) is 0 Å². The van der Waals surface area contributed by atoms with Gasteiger partial charge in [0, 0.05) is 12.7 Å². The second-order valence-corrected chi connectivity index (χ2v) is 4.87. The smallest absolute Gasteiger partial charge is 0.205 e. The molecule has 0 saturated heterocycles. The summed E-state index contributed by atoms with van der Waals surface area (Å²) in [6.45, 7) is 3.56. The lowest BCUT2D eigenvalue weighted by Gasteiger charge is -1.94. The fourth-order valence-electron chi connectivity index (χ4n) is 1.10. The van der Waals surface area contributed by atoms with Gasteiger partial charge in [-0.3, -0.25) is 4.68 Å². The number of aromatic nitrogens is 4. The van der Waals surface area contributed by atoms with Gasteiger partial charge in [0.05, 0.1) is 17.2 Å². The Morgan fingerprint density at radius 1 is 1.53 bits per heavy atom. The number of anilines is 1. The van der Waals surface area contributed by atoms with Gasteiger partial charge in [-0.1, -0.05) is 11.3 Å². The molecular weight excluding hydrogens is 278 g/mol. The largest absolute Gasteiger partial charge is 0.360 e. The third kappa shape index (κ3) is 2.75. The number of halogens is 1. The quantitative estimate of drug-likeness (QED) is 0.934. The maximum absolute atomic E-state index is 4.15. The SMILES string of the molecule is CCNc1nnc(Cn2cc(Br)cn2)s1. The molecule has 0 saturated carbocycles. The van der Waals surface area contributed by atoms with E-state index in [0.29, 0.717) is 6.54 Å². The lowest BCUT2D eigenvalue weighted by Crippen LogP contribution is -1.98. The van der Waals surface area contributed by atoms with Gasteiger partial charge in [0.1, 0.15) is 5.01 Å². The zero-order valence-corrected chi connectivity index (χ0v) is 10.5. The van der Waals surface area contributed by atoms with Crippen molar-refractivity contribution in [2.45, 2.75) is 13.5 Å². The average Bonchev–Trinajstić information content (AvgIpc) is 2.78. The second-order valence-electron chi connectivity index (χ2n) is 2.89. The Morgan fingerprint density at radius 3 is 3.07 bits per heavy atom. The van der Waals surface area contributed by atoms with E-state index in [1.54, 1.807) is 17.5 Å². The molecule has 7 heteroatoms. The molecule has 0 fully saturated rings. The van der Waals surface area contributed by atoms with Crippen LogP contribution in [-0.2, 0) is 6.54 Å². The Labute approximate surface area is 99.7 Å². The third-order valence-corrected chi connectivity index (χ3v) is 2.97. The molecule has 2 aromatic heterocycles. The minimum atomic E-state index is 0.661. The van der Waals surface area contributed by atoms with E-state index < -0.39 is 0 Å². The minimum absolute atomic E-state index is 0.661. The normalized spacial score (nSPS) is 10.5. The summed E-state index contributed by atoms with van der Waals surface area (Å²) in [6.07, 6.45) is 3.67. The Morgan fingerprint density at radius 2 is 2.40 bits per heavy atom. The molecule has 2 heterocycles. The van der Waals surface area contributed by atoms with Gasteiger partial charge in [0.25, 0.3) is 0 Å². The number of nitrogens with one attached hydrogen (secondary N) is 1. The van der Waals surface area contributed by atoms with Gasteiger partial charge in [-0.05, 0) is 22.9 Å². The molecule has 0 radical (unpaired) electrons. The van der Waals surface area contributed by atoms with Crippen LogP contribution in [0.5, 0.6) is 0 Å². The summed E-state index contributed by atoms with van der Waals surface area (Å²) in [6, 6.07) is 0. The Balaban J connectivity index is 2.04. The number of hydrogen-bond acceptors (Lipinski definition) is 5. The Kier molecular flexibility index (Phi) is 3.32. The lowest BCUT2D eigenvalue weighted by molar-refractivity contribution is 0.677. The highest BCUT2D eigenvalue weighted by Gasteiger charge is 2.04. The van der Waals surface area contributed by atoms with Crippen LogP contribution in [0.2, 0.25) is 0 Å². The molecule has 2 rings (SSSR count). The first-order valence-electron chi connectivity index (χ1n) is 4.52. The highest BCUT2D eigenvalue weighted by atomic mass is 79.9. The maximum atomic E-state index is 4.15. The van der Waals surface area contributed by atoms with Crippen molar-refractivity contribution in [3.63, 3.8) is 0 Å². The second kappa shape index (κ2) is 4.71. The summed E-state index contributed by atoms with van der Waals surface area (Å²) >= 11 is 4.90. The number of nitrogens with zero attached hydrogens (tertiary/aromatic N) is 4. The first-order chi connectivity index (χ1) is 7.28. The Bertz CT molecular complexity index is 438. The van der Waals surface area contributed by atoms with Gasteiger partial charge in [-0.25, -0.2) is 0 Å². The summed E-state index contributed by atoms with van der Waals surface area (Å²) < 4.78 is 2.79. The molecule has 0 spiro atoms. The van der Waals surface area contributed by atoms with Crippen LogP contribution in [0.15, 0.2) is 16.9 Å². The predicted molar refractivity (Wildman–Crippen MR) is 63.1 cm³/mol. The summed E-state index contributed by atoms with van der Waals surface area (Å²) in [7, 11) is 0. The molecule has 5 nitrogen and oxygen atoms in total. The molecule has 80 valence electrons. The third-order valence-electron chi connectivity index (χ3n) is 1.69. The Hall–Kier alpha value is -0.950. The van der Waals surface area contributed by atoms with Gasteiger partial charge in [0.2, 0.25) is 5.13 Å². The van der Waals surface area contributed by atoms with Crippen LogP contribution in [0.4, 0.5) is 5.13 Å². The molecule has 0 unspecified atom stereocenters.